The van der Waals surface area contributed by atoms with E-state index in [1.807, 2.05) is 29.8 Å². The van der Waals surface area contributed by atoms with E-state index < -0.39 is 5.97 Å². The molecule has 0 bridgehead atoms. The predicted molar refractivity (Wildman–Crippen MR) is 132 cm³/mol. The van der Waals surface area contributed by atoms with Crippen molar-refractivity contribution in [3.8, 4) is 34.1 Å². The maximum Gasteiger partial charge on any atom is 0.337 e. The lowest BCUT2D eigenvalue weighted by Crippen LogP contribution is -2.00. The first-order valence-electron chi connectivity index (χ1n) is 11.4. The first kappa shape index (κ1) is 21.7. The van der Waals surface area contributed by atoms with E-state index in [1.54, 1.807) is 30.6 Å². The van der Waals surface area contributed by atoms with Gasteiger partial charge in [0, 0.05) is 24.2 Å². The molecule has 36 heavy (non-hydrogen) atoms. The van der Waals surface area contributed by atoms with Crippen LogP contribution < -0.4 is 0 Å². The zero-order chi connectivity index (χ0) is 24.8. The fourth-order valence-electron chi connectivity index (χ4n) is 4.25. The number of benzene rings is 2. The molecule has 0 unspecified atom stereocenters. The third-order valence-electron chi connectivity index (χ3n) is 6.26. The second-order valence-corrected chi connectivity index (χ2v) is 8.74. The molecule has 1 aliphatic rings. The van der Waals surface area contributed by atoms with Crippen molar-refractivity contribution in [3.05, 3.63) is 77.5 Å². The van der Waals surface area contributed by atoms with Gasteiger partial charge in [-0.05, 0) is 60.4 Å². The summed E-state index contributed by atoms with van der Waals surface area (Å²) in [6.07, 6.45) is 3.80. The van der Waals surface area contributed by atoms with Gasteiger partial charge in [0.1, 0.15) is 17.5 Å². The molecule has 2 aromatic carbocycles. The van der Waals surface area contributed by atoms with Crippen LogP contribution >= 0.6 is 0 Å². The summed E-state index contributed by atoms with van der Waals surface area (Å²) in [6.45, 7) is 7.47. The Labute approximate surface area is 206 Å². The van der Waals surface area contributed by atoms with E-state index in [4.69, 9.17) is 20.7 Å². The zero-order valence-corrected chi connectivity index (χ0v) is 19.6. The third kappa shape index (κ3) is 3.79. The summed E-state index contributed by atoms with van der Waals surface area (Å²) < 4.78 is 12.7. The summed E-state index contributed by atoms with van der Waals surface area (Å²) in [5, 5.41) is 8.31. The van der Waals surface area contributed by atoms with Crippen LogP contribution in [0.15, 0.2) is 59.3 Å². The number of carbonyl (C=O) groups is 1. The molecular formula is C27H20N6O3. The lowest BCUT2D eigenvalue weighted by molar-refractivity contribution is 0.0601. The van der Waals surface area contributed by atoms with E-state index >= 15 is 0 Å². The number of esters is 1. The smallest absolute Gasteiger partial charge is 0.337 e. The van der Waals surface area contributed by atoms with Crippen molar-refractivity contribution in [1.82, 2.24) is 24.7 Å². The van der Waals surface area contributed by atoms with Gasteiger partial charge in [0.25, 0.3) is 0 Å². The predicted octanol–water partition coefficient (Wildman–Crippen LogP) is 5.57. The van der Waals surface area contributed by atoms with Gasteiger partial charge in [0.15, 0.2) is 17.1 Å². The number of carbonyl (C=O) groups excluding carboxylic acids is 1. The highest BCUT2D eigenvalue weighted by molar-refractivity contribution is 5.93. The van der Waals surface area contributed by atoms with Gasteiger partial charge in [-0.2, -0.15) is 0 Å². The second-order valence-electron chi connectivity index (χ2n) is 8.74. The minimum atomic E-state index is -0.434. The molecule has 0 atom stereocenters. The average molecular weight is 476 g/mol. The number of hydrogen-bond acceptors (Lipinski definition) is 7. The number of fused-ring (bicyclic) bond motifs is 1. The van der Waals surface area contributed by atoms with Crippen molar-refractivity contribution in [3.63, 3.8) is 0 Å². The second kappa shape index (κ2) is 8.43. The molecule has 3 heterocycles. The summed E-state index contributed by atoms with van der Waals surface area (Å²) in [4.78, 5) is 25.0. The number of rotatable bonds is 5. The van der Waals surface area contributed by atoms with Crippen molar-refractivity contribution >= 4 is 22.8 Å². The van der Waals surface area contributed by atoms with Gasteiger partial charge >= 0.3 is 5.97 Å². The molecule has 6 rings (SSSR count). The Kier molecular flexibility index (Phi) is 5.08. The number of hydrogen-bond donors (Lipinski definition) is 0. The number of nitrogens with zero attached hydrogens (tertiary/aromatic N) is 6. The first-order valence-corrected chi connectivity index (χ1v) is 11.4. The molecule has 1 aliphatic carbocycles. The molecule has 0 amide bonds. The lowest BCUT2D eigenvalue weighted by atomic mass is 9.97. The van der Waals surface area contributed by atoms with Gasteiger partial charge in [0.2, 0.25) is 5.89 Å². The summed E-state index contributed by atoms with van der Waals surface area (Å²) in [7, 11) is 3.22. The van der Waals surface area contributed by atoms with Gasteiger partial charge in [-0.3, -0.25) is 0 Å². The molecule has 0 spiro atoms. The quantitative estimate of drug-likeness (QED) is 0.242. The van der Waals surface area contributed by atoms with Crippen molar-refractivity contribution in [2.45, 2.75) is 18.8 Å². The van der Waals surface area contributed by atoms with Crippen LogP contribution in [0.1, 0.15) is 34.8 Å². The van der Waals surface area contributed by atoms with Crippen molar-refractivity contribution < 1.29 is 13.9 Å². The highest BCUT2D eigenvalue weighted by atomic mass is 16.5. The molecule has 1 saturated carbocycles. The number of pyridine rings is 1. The van der Waals surface area contributed by atoms with Gasteiger partial charge in [-0.15, -0.1) is 10.2 Å². The standard InChI is InChI=1S/C27H20N6O3/c1-28-18-7-8-19(20(13-18)25-32-29-14-33(25)2)17-11-21(15-4-5-15)30-23(12-17)26-31-22-10-16(27(34)35-3)6-9-24(22)36-26/h6-15H,4-5H2,2-3H3. The highest BCUT2D eigenvalue weighted by Gasteiger charge is 2.27. The van der Waals surface area contributed by atoms with E-state index in [2.05, 4.69) is 26.1 Å². The number of aromatic nitrogens is 5. The molecule has 3 aromatic heterocycles. The number of methoxy groups -OCH3 is 1. The minimum absolute atomic E-state index is 0.369. The van der Waals surface area contributed by atoms with Gasteiger partial charge in [-0.1, -0.05) is 12.1 Å². The van der Waals surface area contributed by atoms with E-state index in [9.17, 15) is 4.79 Å². The lowest BCUT2D eigenvalue weighted by Gasteiger charge is -2.12. The maximum absolute atomic E-state index is 11.9. The van der Waals surface area contributed by atoms with Crippen LogP contribution in [0.25, 0.3) is 50.0 Å². The molecule has 1 fully saturated rings. The van der Waals surface area contributed by atoms with Crippen LogP contribution in [0, 0.1) is 6.57 Å². The number of aryl methyl sites for hydroxylation is 1. The topological polar surface area (TPSA) is 100 Å². The molecule has 9 nitrogen and oxygen atoms in total. The van der Waals surface area contributed by atoms with E-state index in [-0.39, 0.29) is 0 Å². The summed E-state index contributed by atoms with van der Waals surface area (Å²) in [6, 6.07) is 14.6. The molecular weight excluding hydrogens is 456 g/mol. The fourth-order valence-corrected chi connectivity index (χ4v) is 4.25. The maximum atomic E-state index is 11.9. The minimum Gasteiger partial charge on any atom is -0.465 e. The molecule has 0 aliphatic heterocycles. The van der Waals surface area contributed by atoms with Gasteiger partial charge in [-0.25, -0.2) is 19.6 Å². The van der Waals surface area contributed by atoms with Crippen LogP contribution in [-0.2, 0) is 11.8 Å². The first-order chi connectivity index (χ1) is 17.5. The molecule has 0 radical (unpaired) electrons. The molecule has 9 heteroatoms. The van der Waals surface area contributed by atoms with E-state index in [0.29, 0.717) is 45.7 Å². The Morgan fingerprint density at radius 2 is 1.97 bits per heavy atom. The Morgan fingerprint density at radius 3 is 2.69 bits per heavy atom. The Hall–Kier alpha value is -4.84. The van der Waals surface area contributed by atoms with Gasteiger partial charge in [0.05, 0.1) is 19.2 Å². The van der Waals surface area contributed by atoms with Crippen LogP contribution in [0.5, 0.6) is 0 Å². The largest absolute Gasteiger partial charge is 0.465 e. The Bertz CT molecular complexity index is 1690. The average Bonchev–Trinajstić information content (AvgIpc) is 3.54. The van der Waals surface area contributed by atoms with Crippen LogP contribution in [-0.4, -0.2) is 37.8 Å². The zero-order valence-electron chi connectivity index (χ0n) is 19.6. The molecule has 5 aromatic rings. The number of oxazole rings is 1. The monoisotopic (exact) mass is 476 g/mol. The normalized spacial score (nSPS) is 13.0. The van der Waals surface area contributed by atoms with Crippen molar-refractivity contribution in [2.24, 2.45) is 7.05 Å². The van der Waals surface area contributed by atoms with Crippen LogP contribution in [0.4, 0.5) is 5.69 Å². The molecule has 176 valence electrons. The van der Waals surface area contributed by atoms with E-state index in [1.165, 1.54) is 7.11 Å². The summed E-state index contributed by atoms with van der Waals surface area (Å²) in [5.74, 6) is 0.990. The fraction of sp³-hybridized carbons (Fsp3) is 0.185. The van der Waals surface area contributed by atoms with Crippen molar-refractivity contribution in [2.75, 3.05) is 7.11 Å². The SMILES string of the molecule is [C-]#[N+]c1ccc(-c2cc(-c3nc4cc(C(=O)OC)ccc4o3)nc(C3CC3)c2)c(-c2nncn2C)c1. The number of ether oxygens (including phenoxy) is 1. The van der Waals surface area contributed by atoms with Crippen LogP contribution in [0.2, 0.25) is 0 Å². The van der Waals surface area contributed by atoms with E-state index in [0.717, 1.165) is 35.2 Å². The summed E-state index contributed by atoms with van der Waals surface area (Å²) >= 11 is 0. The summed E-state index contributed by atoms with van der Waals surface area (Å²) in [5.41, 5.74) is 6.24. The van der Waals surface area contributed by atoms with Gasteiger partial charge < -0.3 is 13.7 Å². The Balaban J connectivity index is 1.51. The Morgan fingerprint density at radius 1 is 1.11 bits per heavy atom. The third-order valence-corrected chi connectivity index (χ3v) is 6.26. The highest BCUT2D eigenvalue weighted by Crippen LogP contribution is 2.43. The molecule has 0 N–H and O–H groups in total. The molecule has 0 saturated heterocycles. The van der Waals surface area contributed by atoms with Crippen molar-refractivity contribution in [1.29, 1.82) is 0 Å². The van der Waals surface area contributed by atoms with Crippen LogP contribution in [0.3, 0.4) is 0 Å².